The molecule has 0 aromatic heterocycles. The Morgan fingerprint density at radius 1 is 1.00 bits per heavy atom. The number of aliphatic imine (C=N–C) groups is 1. The van der Waals surface area contributed by atoms with Crippen molar-refractivity contribution in [3.05, 3.63) is 60.2 Å². The third kappa shape index (κ3) is 5.35. The molecule has 0 radical (unpaired) electrons. The van der Waals surface area contributed by atoms with Crippen molar-refractivity contribution in [2.75, 3.05) is 33.0 Å². The van der Waals surface area contributed by atoms with E-state index in [1.54, 1.807) is 12.3 Å². The highest BCUT2D eigenvalue weighted by atomic mass is 32.2. The Balaban J connectivity index is 1.58. The summed E-state index contributed by atoms with van der Waals surface area (Å²) in [6.07, 6.45) is 2.45. The average molecular weight is 468 g/mol. The zero-order valence-corrected chi connectivity index (χ0v) is 19.8. The highest BCUT2D eigenvalue weighted by molar-refractivity contribution is 7.89. The summed E-state index contributed by atoms with van der Waals surface area (Å²) in [6, 6.07) is 16.5. The normalized spacial score (nSPS) is 13.4. The quantitative estimate of drug-likeness (QED) is 0.499. The van der Waals surface area contributed by atoms with Gasteiger partial charge in [-0.05, 0) is 61.1 Å². The van der Waals surface area contributed by atoms with Crippen LogP contribution in [0.15, 0.2) is 64.5 Å². The summed E-state index contributed by atoms with van der Waals surface area (Å²) in [6.45, 7) is 7.33. The largest absolute Gasteiger partial charge is 0.457 e. The number of nitrogens with zero attached hydrogens (tertiary/aromatic N) is 2. The Labute approximate surface area is 195 Å². The molecular weight excluding hydrogens is 438 g/mol. The SMILES string of the molecule is CCN(CC)CCCNS(=O)(=O)c1ccc2c(c1)N=Cc1c(ccc3ccccc13)OCO2. The van der Waals surface area contributed by atoms with Gasteiger partial charge in [0.15, 0.2) is 0 Å². The Morgan fingerprint density at radius 2 is 1.76 bits per heavy atom. The van der Waals surface area contributed by atoms with Gasteiger partial charge < -0.3 is 14.4 Å². The standard InChI is InChI=1S/C25H29N3O4S/c1-3-28(4-2)15-7-14-27-33(29,30)20-11-13-25-23(16-20)26-17-22-21-9-6-5-8-19(21)10-12-24(22)31-18-32-25/h5-6,8-13,16-17,27H,3-4,7,14-15,18H2,1-2H3. The lowest BCUT2D eigenvalue weighted by Gasteiger charge is -2.17. The van der Waals surface area contributed by atoms with Gasteiger partial charge >= 0.3 is 0 Å². The first-order valence-electron chi connectivity index (χ1n) is 11.2. The fourth-order valence-electron chi connectivity index (χ4n) is 3.84. The molecule has 0 atom stereocenters. The van der Waals surface area contributed by atoms with E-state index in [-0.39, 0.29) is 11.7 Å². The molecule has 33 heavy (non-hydrogen) atoms. The van der Waals surface area contributed by atoms with Gasteiger partial charge in [-0.1, -0.05) is 44.2 Å². The predicted molar refractivity (Wildman–Crippen MR) is 131 cm³/mol. The smallest absolute Gasteiger partial charge is 0.240 e. The van der Waals surface area contributed by atoms with Crippen molar-refractivity contribution in [1.82, 2.24) is 9.62 Å². The van der Waals surface area contributed by atoms with E-state index >= 15 is 0 Å². The predicted octanol–water partition coefficient (Wildman–Crippen LogP) is 4.33. The number of ether oxygens (including phenoxy) is 2. The first kappa shape index (κ1) is 23.2. The summed E-state index contributed by atoms with van der Waals surface area (Å²) in [4.78, 5) is 7.00. The van der Waals surface area contributed by atoms with E-state index in [4.69, 9.17) is 9.47 Å². The van der Waals surface area contributed by atoms with Gasteiger partial charge in [0.2, 0.25) is 16.8 Å². The molecule has 0 spiro atoms. The highest BCUT2D eigenvalue weighted by Crippen LogP contribution is 2.34. The van der Waals surface area contributed by atoms with E-state index in [9.17, 15) is 8.42 Å². The molecule has 0 saturated heterocycles. The van der Waals surface area contributed by atoms with Gasteiger partial charge in [0.25, 0.3) is 0 Å². The first-order chi connectivity index (χ1) is 16.0. The minimum atomic E-state index is -3.66. The van der Waals surface area contributed by atoms with Crippen LogP contribution in [0.25, 0.3) is 10.8 Å². The lowest BCUT2D eigenvalue weighted by atomic mass is 10.0. The summed E-state index contributed by atoms with van der Waals surface area (Å²) in [5, 5.41) is 2.07. The third-order valence-electron chi connectivity index (χ3n) is 5.77. The van der Waals surface area contributed by atoms with Gasteiger partial charge in [0.1, 0.15) is 17.2 Å². The lowest BCUT2D eigenvalue weighted by Crippen LogP contribution is -2.30. The van der Waals surface area contributed by atoms with Crippen molar-refractivity contribution < 1.29 is 17.9 Å². The molecular formula is C25H29N3O4S. The van der Waals surface area contributed by atoms with Crippen LogP contribution in [0.1, 0.15) is 25.8 Å². The maximum Gasteiger partial charge on any atom is 0.240 e. The molecule has 1 heterocycles. The lowest BCUT2D eigenvalue weighted by molar-refractivity contribution is 0.120. The molecule has 0 unspecified atom stereocenters. The molecule has 174 valence electrons. The van der Waals surface area contributed by atoms with Crippen LogP contribution in [0.2, 0.25) is 0 Å². The van der Waals surface area contributed by atoms with E-state index in [1.807, 2.05) is 36.4 Å². The first-order valence-corrected chi connectivity index (χ1v) is 12.7. The molecule has 1 N–H and O–H groups in total. The van der Waals surface area contributed by atoms with Crippen LogP contribution in [0.3, 0.4) is 0 Å². The molecule has 4 rings (SSSR count). The number of hydrogen-bond donors (Lipinski definition) is 1. The Kier molecular flexibility index (Phi) is 7.27. The third-order valence-corrected chi connectivity index (χ3v) is 7.23. The maximum absolute atomic E-state index is 12.9. The minimum absolute atomic E-state index is 0.00258. The average Bonchev–Trinajstić information content (AvgIpc) is 2.92. The second-order valence-electron chi connectivity index (χ2n) is 7.77. The van der Waals surface area contributed by atoms with Gasteiger partial charge in [0, 0.05) is 18.3 Å². The van der Waals surface area contributed by atoms with Crippen LogP contribution in [0.4, 0.5) is 5.69 Å². The molecule has 0 saturated carbocycles. The van der Waals surface area contributed by atoms with Crippen LogP contribution in [0.5, 0.6) is 11.5 Å². The molecule has 7 nitrogen and oxygen atoms in total. The van der Waals surface area contributed by atoms with E-state index < -0.39 is 10.0 Å². The minimum Gasteiger partial charge on any atom is -0.457 e. The second-order valence-corrected chi connectivity index (χ2v) is 9.54. The molecule has 8 heteroatoms. The van der Waals surface area contributed by atoms with Crippen molar-refractivity contribution in [1.29, 1.82) is 0 Å². The van der Waals surface area contributed by atoms with Crippen LogP contribution in [0, 0.1) is 0 Å². The van der Waals surface area contributed by atoms with Crippen LogP contribution >= 0.6 is 0 Å². The van der Waals surface area contributed by atoms with Crippen molar-refractivity contribution in [3.8, 4) is 11.5 Å². The van der Waals surface area contributed by atoms with Crippen LogP contribution in [-0.2, 0) is 10.0 Å². The number of fused-ring (bicyclic) bond motifs is 4. The van der Waals surface area contributed by atoms with Crippen molar-refractivity contribution in [2.24, 2.45) is 4.99 Å². The van der Waals surface area contributed by atoms with Crippen LogP contribution in [-0.4, -0.2) is 52.5 Å². The zero-order chi connectivity index (χ0) is 23.3. The molecule has 3 aromatic carbocycles. The number of hydrogen-bond acceptors (Lipinski definition) is 6. The van der Waals surface area contributed by atoms with Crippen molar-refractivity contribution in [2.45, 2.75) is 25.2 Å². The molecule has 0 amide bonds. The van der Waals surface area contributed by atoms with E-state index in [0.717, 1.165) is 42.4 Å². The highest BCUT2D eigenvalue weighted by Gasteiger charge is 2.18. The van der Waals surface area contributed by atoms with E-state index in [0.29, 0.717) is 23.7 Å². The molecule has 0 aliphatic carbocycles. The molecule has 1 aliphatic rings. The number of nitrogens with one attached hydrogen (secondary N) is 1. The monoisotopic (exact) mass is 467 g/mol. The topological polar surface area (TPSA) is 80.2 Å². The fraction of sp³-hybridized carbons (Fsp3) is 0.320. The maximum atomic E-state index is 12.9. The van der Waals surface area contributed by atoms with Crippen LogP contribution < -0.4 is 14.2 Å². The van der Waals surface area contributed by atoms with Gasteiger partial charge in [-0.2, -0.15) is 0 Å². The van der Waals surface area contributed by atoms with Gasteiger partial charge in [0.05, 0.1) is 4.90 Å². The Bertz CT molecular complexity index is 1250. The van der Waals surface area contributed by atoms with E-state index in [1.165, 1.54) is 12.1 Å². The van der Waals surface area contributed by atoms with Crippen molar-refractivity contribution in [3.63, 3.8) is 0 Å². The summed E-state index contributed by atoms with van der Waals surface area (Å²) in [5.74, 6) is 1.12. The molecule has 3 aromatic rings. The Hall–Kier alpha value is -2.94. The van der Waals surface area contributed by atoms with Gasteiger partial charge in [-0.3, -0.25) is 4.99 Å². The summed E-state index contributed by atoms with van der Waals surface area (Å²) >= 11 is 0. The second kappa shape index (κ2) is 10.3. The Morgan fingerprint density at radius 3 is 2.58 bits per heavy atom. The fourth-order valence-corrected chi connectivity index (χ4v) is 4.94. The van der Waals surface area contributed by atoms with Gasteiger partial charge in [-0.15, -0.1) is 0 Å². The summed E-state index contributed by atoms with van der Waals surface area (Å²) in [5.41, 5.74) is 1.26. The number of benzene rings is 3. The van der Waals surface area contributed by atoms with E-state index in [2.05, 4.69) is 28.5 Å². The molecule has 0 fully saturated rings. The summed E-state index contributed by atoms with van der Waals surface area (Å²) in [7, 11) is -3.66. The number of rotatable bonds is 8. The van der Waals surface area contributed by atoms with Crippen molar-refractivity contribution >= 4 is 32.7 Å². The van der Waals surface area contributed by atoms with Gasteiger partial charge in [-0.25, -0.2) is 13.1 Å². The number of sulfonamides is 1. The summed E-state index contributed by atoms with van der Waals surface area (Å²) < 4.78 is 40.0. The molecule has 1 aliphatic heterocycles. The molecule has 0 bridgehead atoms. The zero-order valence-electron chi connectivity index (χ0n) is 19.0.